The molecule has 0 saturated carbocycles. The van der Waals surface area contributed by atoms with E-state index in [0.29, 0.717) is 50.1 Å². The molecule has 228 valence electrons. The zero-order valence-corrected chi connectivity index (χ0v) is 25.6. The van der Waals surface area contributed by atoms with Crippen molar-refractivity contribution >= 4 is 29.0 Å². The first kappa shape index (κ1) is 30.2. The van der Waals surface area contributed by atoms with E-state index in [1.54, 1.807) is 19.2 Å². The Balaban J connectivity index is 1.62. The normalized spacial score (nSPS) is 16.9. The highest BCUT2D eigenvalue weighted by Crippen LogP contribution is 2.46. The number of piperazine rings is 1. The van der Waals surface area contributed by atoms with Gasteiger partial charge in [0.2, 0.25) is 5.96 Å². The van der Waals surface area contributed by atoms with Gasteiger partial charge < -0.3 is 29.3 Å². The van der Waals surface area contributed by atoms with E-state index in [4.69, 9.17) is 14.5 Å². The number of aliphatic imine (C=N–C) groups is 1. The van der Waals surface area contributed by atoms with Crippen LogP contribution in [0.3, 0.4) is 0 Å². The molecule has 2 heterocycles. The third kappa shape index (κ3) is 6.12. The first-order valence-electron chi connectivity index (χ1n) is 15.0. The molecule has 1 atom stereocenters. The Labute approximate surface area is 253 Å². The molecule has 43 heavy (non-hydrogen) atoms. The fourth-order valence-corrected chi connectivity index (χ4v) is 5.80. The monoisotopic (exact) mass is 588 g/mol. The highest BCUT2D eigenvalue weighted by atomic mass is 19.1. The average molecular weight is 589 g/mol. The van der Waals surface area contributed by atoms with Gasteiger partial charge in [-0.3, -0.25) is 4.79 Å². The fourth-order valence-electron chi connectivity index (χ4n) is 5.80. The average Bonchev–Trinajstić information content (AvgIpc) is 3.01. The molecule has 3 aromatic rings. The van der Waals surface area contributed by atoms with Crippen molar-refractivity contribution in [3.63, 3.8) is 0 Å². The number of para-hydroxylation sites is 1. The van der Waals surface area contributed by atoms with Crippen molar-refractivity contribution in [2.75, 3.05) is 49.7 Å². The van der Waals surface area contributed by atoms with Crippen molar-refractivity contribution in [1.29, 1.82) is 0 Å². The summed E-state index contributed by atoms with van der Waals surface area (Å²) in [6, 6.07) is 18.2. The van der Waals surface area contributed by atoms with Crippen LogP contribution in [0.5, 0.6) is 11.5 Å². The number of carbonyl (C=O) groups is 1. The smallest absolute Gasteiger partial charge is 0.305 e. The SMILES string of the molecule is CCOc1ccc(C(C)(C)CC)cc1N1C(N2CCN(c3cccc(OC)c3)CC2)=Nc2c(F)cccc2C1CC(=O)O. The third-order valence-corrected chi connectivity index (χ3v) is 8.65. The summed E-state index contributed by atoms with van der Waals surface area (Å²) in [5.74, 6) is 0.519. The van der Waals surface area contributed by atoms with Gasteiger partial charge >= 0.3 is 5.97 Å². The molecule has 8 nitrogen and oxygen atoms in total. The summed E-state index contributed by atoms with van der Waals surface area (Å²) in [5, 5.41) is 10.1. The van der Waals surface area contributed by atoms with E-state index < -0.39 is 17.8 Å². The molecule has 0 aliphatic carbocycles. The molecule has 0 aromatic heterocycles. The summed E-state index contributed by atoms with van der Waals surface area (Å²) >= 11 is 0. The number of anilines is 2. The Morgan fingerprint density at radius 2 is 1.74 bits per heavy atom. The van der Waals surface area contributed by atoms with Crippen LogP contribution in [0.4, 0.5) is 21.5 Å². The van der Waals surface area contributed by atoms with Crippen molar-refractivity contribution in [3.05, 3.63) is 77.6 Å². The summed E-state index contributed by atoms with van der Waals surface area (Å²) < 4.78 is 26.9. The Hall–Kier alpha value is -4.27. The highest BCUT2D eigenvalue weighted by molar-refractivity contribution is 6.02. The van der Waals surface area contributed by atoms with Crippen molar-refractivity contribution < 1.29 is 23.8 Å². The lowest BCUT2D eigenvalue weighted by molar-refractivity contribution is -0.137. The molecule has 0 bridgehead atoms. The molecular formula is C34H41FN4O4. The van der Waals surface area contributed by atoms with Crippen LogP contribution in [0.15, 0.2) is 65.7 Å². The number of hydrogen-bond acceptors (Lipinski definition) is 7. The molecule has 9 heteroatoms. The predicted octanol–water partition coefficient (Wildman–Crippen LogP) is 6.77. The molecular weight excluding hydrogens is 547 g/mol. The lowest BCUT2D eigenvalue weighted by Crippen LogP contribution is -2.55. The maximum Gasteiger partial charge on any atom is 0.305 e. The second-order valence-corrected chi connectivity index (χ2v) is 11.6. The number of hydrogen-bond donors (Lipinski definition) is 1. The molecule has 2 aliphatic rings. The van der Waals surface area contributed by atoms with Gasteiger partial charge in [-0.05, 0) is 54.7 Å². The standard InChI is InChI=1S/C34H41FN4O4/c1-6-34(3,4)23-14-15-30(43-7-2)29(20-23)39-28(22-31(40)41)26-12-9-13-27(35)32(26)36-33(39)38-18-16-37(17-19-38)24-10-8-11-25(21-24)42-5/h8-15,20-21,28H,6-7,16-19,22H2,1-5H3,(H,40,41). The number of ether oxygens (including phenoxy) is 2. The van der Waals surface area contributed by atoms with Crippen molar-refractivity contribution in [2.24, 2.45) is 4.99 Å². The predicted molar refractivity (Wildman–Crippen MR) is 169 cm³/mol. The first-order valence-corrected chi connectivity index (χ1v) is 15.0. The number of carboxylic acids is 1. The molecule has 1 saturated heterocycles. The summed E-state index contributed by atoms with van der Waals surface area (Å²) in [7, 11) is 1.66. The largest absolute Gasteiger partial charge is 0.497 e. The van der Waals surface area contributed by atoms with Gasteiger partial charge in [-0.1, -0.05) is 45.0 Å². The molecule has 2 aliphatic heterocycles. The molecule has 5 rings (SSSR count). The molecule has 0 amide bonds. The van der Waals surface area contributed by atoms with E-state index in [1.165, 1.54) is 6.07 Å². The van der Waals surface area contributed by atoms with E-state index in [9.17, 15) is 9.90 Å². The number of methoxy groups -OCH3 is 1. The fraction of sp³-hybridized carbons (Fsp3) is 0.412. The highest BCUT2D eigenvalue weighted by Gasteiger charge is 2.39. The minimum Gasteiger partial charge on any atom is -0.497 e. The van der Waals surface area contributed by atoms with Crippen molar-refractivity contribution in [3.8, 4) is 11.5 Å². The van der Waals surface area contributed by atoms with Crippen molar-refractivity contribution in [2.45, 2.75) is 52.0 Å². The summed E-state index contributed by atoms with van der Waals surface area (Å²) in [6.45, 7) is 11.5. The lowest BCUT2D eigenvalue weighted by atomic mass is 9.82. The van der Waals surface area contributed by atoms with Gasteiger partial charge in [0.25, 0.3) is 0 Å². The van der Waals surface area contributed by atoms with Gasteiger partial charge in [0.05, 0.1) is 31.9 Å². The van der Waals surface area contributed by atoms with E-state index in [2.05, 4.69) is 48.8 Å². The Morgan fingerprint density at radius 1 is 1.02 bits per heavy atom. The first-order chi connectivity index (χ1) is 20.7. The molecule has 0 spiro atoms. The molecule has 1 N–H and O–H groups in total. The van der Waals surface area contributed by atoms with Gasteiger partial charge in [-0.15, -0.1) is 0 Å². The van der Waals surface area contributed by atoms with Crippen LogP contribution in [0.1, 0.15) is 57.7 Å². The summed E-state index contributed by atoms with van der Waals surface area (Å²) in [6.07, 6.45) is 0.687. The van der Waals surface area contributed by atoms with Crippen LogP contribution >= 0.6 is 0 Å². The van der Waals surface area contributed by atoms with E-state index >= 15 is 4.39 Å². The Bertz CT molecular complexity index is 1500. The zero-order valence-electron chi connectivity index (χ0n) is 25.6. The Morgan fingerprint density at radius 3 is 2.42 bits per heavy atom. The minimum absolute atomic E-state index is 0.124. The number of guanidine groups is 1. The number of carboxylic acid groups (broad SMARTS) is 1. The molecule has 3 aromatic carbocycles. The summed E-state index contributed by atoms with van der Waals surface area (Å²) in [5.41, 5.74) is 3.52. The maximum atomic E-state index is 15.3. The number of benzene rings is 3. The van der Waals surface area contributed by atoms with Crippen LogP contribution < -0.4 is 19.3 Å². The van der Waals surface area contributed by atoms with Crippen molar-refractivity contribution in [1.82, 2.24) is 4.90 Å². The number of halogens is 1. The number of nitrogens with zero attached hydrogens (tertiary/aromatic N) is 4. The second-order valence-electron chi connectivity index (χ2n) is 11.6. The lowest BCUT2D eigenvalue weighted by Gasteiger charge is -2.45. The van der Waals surface area contributed by atoms with Gasteiger partial charge in [-0.25, -0.2) is 9.38 Å². The number of aliphatic carboxylic acids is 1. The Kier molecular flexibility index (Phi) is 8.80. The van der Waals surface area contributed by atoms with Crippen LogP contribution in [-0.2, 0) is 10.2 Å². The van der Waals surface area contributed by atoms with Gasteiger partial charge in [0.15, 0.2) is 0 Å². The number of fused-ring (bicyclic) bond motifs is 1. The van der Waals surface area contributed by atoms with Crippen LogP contribution in [0.25, 0.3) is 0 Å². The van der Waals surface area contributed by atoms with Crippen LogP contribution in [-0.4, -0.2) is 61.8 Å². The second kappa shape index (κ2) is 12.5. The molecule has 1 fully saturated rings. The number of rotatable bonds is 9. The van der Waals surface area contributed by atoms with E-state index in [0.717, 1.165) is 29.1 Å². The van der Waals surface area contributed by atoms with Gasteiger partial charge in [0, 0.05) is 43.5 Å². The third-order valence-electron chi connectivity index (χ3n) is 8.65. The van der Waals surface area contributed by atoms with Crippen LogP contribution in [0, 0.1) is 5.82 Å². The quantitative estimate of drug-likeness (QED) is 0.296. The molecule has 1 unspecified atom stereocenters. The van der Waals surface area contributed by atoms with Gasteiger partial charge in [-0.2, -0.15) is 0 Å². The zero-order chi connectivity index (χ0) is 30.7. The van der Waals surface area contributed by atoms with E-state index in [1.807, 2.05) is 36.1 Å². The topological polar surface area (TPSA) is 77.8 Å². The van der Waals surface area contributed by atoms with Gasteiger partial charge in [0.1, 0.15) is 23.0 Å². The summed E-state index contributed by atoms with van der Waals surface area (Å²) in [4.78, 5) is 23.7. The minimum atomic E-state index is -0.975. The van der Waals surface area contributed by atoms with E-state index in [-0.39, 0.29) is 17.5 Å². The molecule has 0 radical (unpaired) electrons. The maximum absolute atomic E-state index is 15.3. The van der Waals surface area contributed by atoms with Crippen LogP contribution in [0.2, 0.25) is 0 Å².